The zero-order valence-electron chi connectivity index (χ0n) is 12.8. The van der Waals surface area contributed by atoms with E-state index in [1.165, 1.54) is 16.6 Å². The maximum absolute atomic E-state index is 6.22. The van der Waals surface area contributed by atoms with Crippen LogP contribution in [0.5, 0.6) is 0 Å². The molecule has 2 atom stereocenters. The first-order valence-corrected chi connectivity index (χ1v) is 7.65. The van der Waals surface area contributed by atoms with Gasteiger partial charge in [-0.1, -0.05) is 58.0 Å². The lowest BCUT2D eigenvalue weighted by atomic mass is 9.77. The molecule has 20 heavy (non-hydrogen) atoms. The third-order valence-corrected chi connectivity index (χ3v) is 4.29. The van der Waals surface area contributed by atoms with Gasteiger partial charge in [-0.05, 0) is 34.9 Å². The minimum atomic E-state index is -0.165. The van der Waals surface area contributed by atoms with Crippen LogP contribution in [0.3, 0.4) is 0 Å². The van der Waals surface area contributed by atoms with Crippen molar-refractivity contribution in [2.24, 2.45) is 11.8 Å². The molecule has 1 aromatic carbocycles. The van der Waals surface area contributed by atoms with Crippen molar-refractivity contribution in [1.29, 1.82) is 0 Å². The zero-order valence-corrected chi connectivity index (χ0v) is 12.8. The summed E-state index contributed by atoms with van der Waals surface area (Å²) in [5.41, 5.74) is 3.95. The van der Waals surface area contributed by atoms with Crippen molar-refractivity contribution < 1.29 is 9.31 Å². The van der Waals surface area contributed by atoms with E-state index >= 15 is 0 Å². The summed E-state index contributed by atoms with van der Waals surface area (Å²) in [7, 11) is -0.165. The molecular formula is C17H23BO2. The molecule has 0 amide bonds. The summed E-state index contributed by atoms with van der Waals surface area (Å²) in [6.07, 6.45) is 3.59. The number of rotatable bonds is 3. The summed E-state index contributed by atoms with van der Waals surface area (Å²) in [5.74, 6) is 0.966. The molecule has 1 aromatic rings. The van der Waals surface area contributed by atoms with Crippen LogP contribution in [0.25, 0.3) is 6.08 Å². The van der Waals surface area contributed by atoms with Crippen LogP contribution in [-0.4, -0.2) is 19.3 Å². The molecule has 106 valence electrons. The summed E-state index contributed by atoms with van der Waals surface area (Å²) < 4.78 is 12.4. The van der Waals surface area contributed by atoms with Crippen LogP contribution in [0.15, 0.2) is 29.7 Å². The predicted molar refractivity (Wildman–Crippen MR) is 83.3 cm³/mol. The standard InChI is InChI=1S/C17H23BO2/c1-11(2)16-17(12(3)4)20-18(19-16)15-9-13-7-5-6-8-14(13)10-15/h5-9,11-12,16-17H,10H2,1-4H3. The number of benzene rings is 1. The van der Waals surface area contributed by atoms with E-state index in [0.717, 1.165) is 6.42 Å². The lowest BCUT2D eigenvalue weighted by Crippen LogP contribution is -2.31. The second kappa shape index (κ2) is 5.38. The zero-order chi connectivity index (χ0) is 14.3. The van der Waals surface area contributed by atoms with Crippen LogP contribution in [0, 0.1) is 11.8 Å². The average molecular weight is 270 g/mol. The van der Waals surface area contributed by atoms with Gasteiger partial charge in [0.05, 0.1) is 12.2 Å². The van der Waals surface area contributed by atoms with Gasteiger partial charge in [-0.15, -0.1) is 0 Å². The Balaban J connectivity index is 1.78. The molecule has 1 saturated heterocycles. The van der Waals surface area contributed by atoms with Crippen molar-refractivity contribution in [1.82, 2.24) is 0 Å². The van der Waals surface area contributed by atoms with Crippen molar-refractivity contribution >= 4 is 13.2 Å². The molecule has 2 unspecified atom stereocenters. The topological polar surface area (TPSA) is 18.5 Å². The summed E-state index contributed by atoms with van der Waals surface area (Å²) in [6.45, 7) is 8.85. The lowest BCUT2D eigenvalue weighted by molar-refractivity contribution is 0.0815. The maximum Gasteiger partial charge on any atom is 0.490 e. The van der Waals surface area contributed by atoms with E-state index in [0.29, 0.717) is 11.8 Å². The molecule has 3 rings (SSSR count). The molecule has 1 fully saturated rings. The van der Waals surface area contributed by atoms with Gasteiger partial charge in [0.2, 0.25) is 0 Å². The summed E-state index contributed by atoms with van der Waals surface area (Å²) in [5, 5.41) is 0. The molecule has 3 heteroatoms. The van der Waals surface area contributed by atoms with Gasteiger partial charge in [0.25, 0.3) is 0 Å². The third kappa shape index (κ3) is 2.45. The van der Waals surface area contributed by atoms with Gasteiger partial charge in [-0.3, -0.25) is 0 Å². The fraction of sp³-hybridized carbons (Fsp3) is 0.529. The molecule has 0 bridgehead atoms. The molecule has 2 nitrogen and oxygen atoms in total. The Hall–Kier alpha value is -1.06. The first-order valence-electron chi connectivity index (χ1n) is 7.65. The van der Waals surface area contributed by atoms with Crippen molar-refractivity contribution in [3.63, 3.8) is 0 Å². The largest absolute Gasteiger partial charge is 0.490 e. The molecule has 0 spiro atoms. The Labute approximate surface area is 122 Å². The number of allylic oxidation sites excluding steroid dienone is 1. The second-order valence-corrected chi connectivity index (χ2v) is 6.62. The van der Waals surface area contributed by atoms with Gasteiger partial charge >= 0.3 is 7.12 Å². The van der Waals surface area contributed by atoms with E-state index in [4.69, 9.17) is 9.31 Å². The van der Waals surface area contributed by atoms with E-state index in [1.54, 1.807) is 0 Å². The highest BCUT2D eigenvalue weighted by molar-refractivity contribution is 6.55. The van der Waals surface area contributed by atoms with Gasteiger partial charge in [-0.2, -0.15) is 0 Å². The number of fused-ring (bicyclic) bond motifs is 1. The minimum Gasteiger partial charge on any atom is -0.402 e. The quantitative estimate of drug-likeness (QED) is 0.779. The number of hydrogen-bond donors (Lipinski definition) is 0. The summed E-state index contributed by atoms with van der Waals surface area (Å²) >= 11 is 0. The monoisotopic (exact) mass is 270 g/mol. The fourth-order valence-corrected chi connectivity index (χ4v) is 3.18. The average Bonchev–Trinajstić information content (AvgIpc) is 3.02. The van der Waals surface area contributed by atoms with Crippen LogP contribution < -0.4 is 0 Å². The first kappa shape index (κ1) is 13.9. The minimum absolute atomic E-state index is 0.165. The molecule has 0 radical (unpaired) electrons. The van der Waals surface area contributed by atoms with E-state index in [2.05, 4.69) is 58.0 Å². The van der Waals surface area contributed by atoms with E-state index < -0.39 is 0 Å². The SMILES string of the molecule is CC(C)C1OB(C2=Cc3ccccc3C2)OC1C(C)C. The maximum atomic E-state index is 6.22. The normalized spacial score (nSPS) is 25.5. The van der Waals surface area contributed by atoms with Crippen molar-refractivity contribution in [3.05, 3.63) is 40.9 Å². The third-order valence-electron chi connectivity index (χ3n) is 4.29. The summed E-state index contributed by atoms with van der Waals surface area (Å²) in [4.78, 5) is 0. The van der Waals surface area contributed by atoms with Gasteiger partial charge in [0, 0.05) is 0 Å². The number of hydrogen-bond acceptors (Lipinski definition) is 2. The highest BCUT2D eigenvalue weighted by Gasteiger charge is 2.44. The van der Waals surface area contributed by atoms with E-state index in [1.807, 2.05) is 0 Å². The van der Waals surface area contributed by atoms with Crippen LogP contribution >= 0.6 is 0 Å². The highest BCUT2D eigenvalue weighted by atomic mass is 16.7. The Bertz CT molecular complexity index is 505. The first-order chi connectivity index (χ1) is 9.56. The Kier molecular flexibility index (Phi) is 3.74. The highest BCUT2D eigenvalue weighted by Crippen LogP contribution is 2.34. The van der Waals surface area contributed by atoms with Gasteiger partial charge in [-0.25, -0.2) is 0 Å². The van der Waals surface area contributed by atoms with Crippen LogP contribution in [0.2, 0.25) is 0 Å². The van der Waals surface area contributed by atoms with E-state index in [-0.39, 0.29) is 19.3 Å². The summed E-state index contributed by atoms with van der Waals surface area (Å²) in [6, 6.07) is 8.53. The van der Waals surface area contributed by atoms with Crippen molar-refractivity contribution in [3.8, 4) is 0 Å². The molecule has 0 N–H and O–H groups in total. The van der Waals surface area contributed by atoms with Crippen molar-refractivity contribution in [2.75, 3.05) is 0 Å². The van der Waals surface area contributed by atoms with Gasteiger partial charge in [0.1, 0.15) is 0 Å². The van der Waals surface area contributed by atoms with Gasteiger partial charge in [0.15, 0.2) is 0 Å². The lowest BCUT2D eigenvalue weighted by Gasteiger charge is -2.24. The molecule has 1 aliphatic carbocycles. The van der Waals surface area contributed by atoms with Crippen LogP contribution in [-0.2, 0) is 15.7 Å². The Morgan fingerprint density at radius 2 is 1.60 bits per heavy atom. The molecule has 1 aliphatic heterocycles. The fourth-order valence-electron chi connectivity index (χ4n) is 3.18. The molecule has 1 heterocycles. The van der Waals surface area contributed by atoms with Crippen molar-refractivity contribution in [2.45, 2.75) is 46.3 Å². The smallest absolute Gasteiger partial charge is 0.402 e. The Morgan fingerprint density at radius 3 is 2.15 bits per heavy atom. The molecular weight excluding hydrogens is 247 g/mol. The molecule has 0 aromatic heterocycles. The molecule has 0 saturated carbocycles. The predicted octanol–water partition coefficient (Wildman–Crippen LogP) is 3.75. The van der Waals surface area contributed by atoms with Crippen LogP contribution in [0.4, 0.5) is 0 Å². The van der Waals surface area contributed by atoms with E-state index in [9.17, 15) is 0 Å². The second-order valence-electron chi connectivity index (χ2n) is 6.62. The molecule has 2 aliphatic rings. The Morgan fingerprint density at radius 1 is 1.00 bits per heavy atom. The van der Waals surface area contributed by atoms with Crippen LogP contribution in [0.1, 0.15) is 38.8 Å². The van der Waals surface area contributed by atoms with Gasteiger partial charge < -0.3 is 9.31 Å².